The summed E-state index contributed by atoms with van der Waals surface area (Å²) < 4.78 is 5.21. The molecule has 1 heterocycles. The molecule has 0 aliphatic heterocycles. The van der Waals surface area contributed by atoms with E-state index in [4.69, 9.17) is 10.5 Å². The zero-order valence-corrected chi connectivity index (χ0v) is 9.33. The second kappa shape index (κ2) is 3.98. The van der Waals surface area contributed by atoms with Crippen molar-refractivity contribution in [1.29, 1.82) is 0 Å². The molecule has 0 bridgehead atoms. The summed E-state index contributed by atoms with van der Waals surface area (Å²) in [5.74, 6) is 0.668. The Bertz CT molecular complexity index is 587. The first-order valence-corrected chi connectivity index (χ1v) is 5.07. The maximum Gasteiger partial charge on any atom is 0.253 e. The van der Waals surface area contributed by atoms with Crippen LogP contribution < -0.4 is 16.0 Å². The van der Waals surface area contributed by atoms with Crippen LogP contribution in [0.5, 0.6) is 5.75 Å². The summed E-state index contributed by atoms with van der Waals surface area (Å²) >= 11 is 0. The fourth-order valence-electron chi connectivity index (χ4n) is 1.91. The molecular formula is C12H14N2O2. The van der Waals surface area contributed by atoms with Gasteiger partial charge in [0.25, 0.3) is 5.56 Å². The van der Waals surface area contributed by atoms with E-state index in [1.54, 1.807) is 7.11 Å². The minimum absolute atomic E-state index is 0.142. The Labute approximate surface area is 93.0 Å². The molecule has 0 unspecified atom stereocenters. The number of methoxy groups -OCH3 is 1. The number of rotatable bonds is 2. The normalized spacial score (nSPS) is 10.7. The van der Waals surface area contributed by atoms with E-state index < -0.39 is 0 Å². The van der Waals surface area contributed by atoms with Gasteiger partial charge in [0.2, 0.25) is 0 Å². The van der Waals surface area contributed by atoms with Crippen molar-refractivity contribution in [2.75, 3.05) is 7.11 Å². The number of pyridine rings is 1. The zero-order chi connectivity index (χ0) is 11.7. The minimum Gasteiger partial charge on any atom is -0.495 e. The number of nitrogens with two attached hydrogens (primary N) is 1. The topological polar surface area (TPSA) is 68.1 Å². The highest BCUT2D eigenvalue weighted by Gasteiger charge is 2.10. The van der Waals surface area contributed by atoms with Crippen molar-refractivity contribution < 1.29 is 4.74 Å². The van der Waals surface area contributed by atoms with Crippen LogP contribution in [0.25, 0.3) is 10.9 Å². The van der Waals surface area contributed by atoms with E-state index in [2.05, 4.69) is 4.98 Å². The Balaban J connectivity index is 2.92. The first kappa shape index (κ1) is 10.7. The number of ether oxygens (including phenoxy) is 1. The number of aryl methyl sites for hydroxylation is 1. The van der Waals surface area contributed by atoms with Crippen LogP contribution >= 0.6 is 0 Å². The van der Waals surface area contributed by atoms with Crippen LogP contribution in [0.4, 0.5) is 0 Å². The lowest BCUT2D eigenvalue weighted by molar-refractivity contribution is 0.419. The molecule has 1 aromatic heterocycles. The summed E-state index contributed by atoms with van der Waals surface area (Å²) in [6.07, 6.45) is 0. The largest absolute Gasteiger partial charge is 0.495 e. The van der Waals surface area contributed by atoms with Gasteiger partial charge in [-0.1, -0.05) is 12.1 Å². The molecule has 2 rings (SSSR count). The van der Waals surface area contributed by atoms with Crippen molar-refractivity contribution in [3.05, 3.63) is 39.7 Å². The lowest BCUT2D eigenvalue weighted by atomic mass is 10.0. The van der Waals surface area contributed by atoms with E-state index >= 15 is 0 Å². The Hall–Kier alpha value is -1.81. The predicted molar refractivity (Wildman–Crippen MR) is 63.7 cm³/mol. The van der Waals surface area contributed by atoms with E-state index in [1.165, 1.54) is 0 Å². The molecule has 0 atom stereocenters. The molecular weight excluding hydrogens is 204 g/mol. The third-order valence-electron chi connectivity index (χ3n) is 2.82. The van der Waals surface area contributed by atoms with Crippen molar-refractivity contribution in [2.45, 2.75) is 13.5 Å². The fourth-order valence-corrected chi connectivity index (χ4v) is 1.91. The molecule has 0 aliphatic rings. The van der Waals surface area contributed by atoms with Crippen molar-refractivity contribution in [3.8, 4) is 5.75 Å². The molecule has 0 radical (unpaired) electrons. The molecule has 3 N–H and O–H groups in total. The summed E-state index contributed by atoms with van der Waals surface area (Å²) in [7, 11) is 1.58. The molecule has 16 heavy (non-hydrogen) atoms. The van der Waals surface area contributed by atoms with Crippen LogP contribution in [-0.4, -0.2) is 12.1 Å². The fraction of sp³-hybridized carbons (Fsp3) is 0.250. The van der Waals surface area contributed by atoms with Crippen LogP contribution in [0.1, 0.15) is 11.1 Å². The Morgan fingerprint density at radius 2 is 2.19 bits per heavy atom. The molecule has 0 saturated heterocycles. The van der Waals surface area contributed by atoms with E-state index in [0.29, 0.717) is 11.3 Å². The first-order valence-electron chi connectivity index (χ1n) is 5.07. The van der Waals surface area contributed by atoms with E-state index in [9.17, 15) is 4.79 Å². The number of hydrogen-bond acceptors (Lipinski definition) is 3. The predicted octanol–water partition coefficient (Wildman–Crippen LogP) is 1.30. The van der Waals surface area contributed by atoms with Crippen LogP contribution in [-0.2, 0) is 6.54 Å². The second-order valence-electron chi connectivity index (χ2n) is 3.64. The molecule has 0 fully saturated rings. The molecule has 0 aliphatic carbocycles. The van der Waals surface area contributed by atoms with Gasteiger partial charge < -0.3 is 15.5 Å². The van der Waals surface area contributed by atoms with Gasteiger partial charge >= 0.3 is 0 Å². The maximum absolute atomic E-state index is 11.8. The average molecular weight is 218 g/mol. The number of benzene rings is 1. The number of aromatic amines is 1. The zero-order valence-electron chi connectivity index (χ0n) is 9.33. The standard InChI is InChI=1S/C12H14N2O2/c1-7-8-4-3-5-10(16-2)11(8)14-12(15)9(7)6-13/h3-5H,6,13H2,1-2H3,(H,14,15). The molecule has 1 aromatic carbocycles. The summed E-state index contributed by atoms with van der Waals surface area (Å²) in [5.41, 5.74) is 7.69. The molecule has 0 amide bonds. The summed E-state index contributed by atoms with van der Waals surface area (Å²) in [5, 5.41) is 0.972. The van der Waals surface area contributed by atoms with Gasteiger partial charge in [0.1, 0.15) is 5.75 Å². The molecule has 4 nitrogen and oxygen atoms in total. The van der Waals surface area contributed by atoms with Crippen molar-refractivity contribution in [2.24, 2.45) is 5.73 Å². The summed E-state index contributed by atoms with van der Waals surface area (Å²) in [6, 6.07) is 5.66. The van der Waals surface area contributed by atoms with Gasteiger partial charge in [-0.3, -0.25) is 4.79 Å². The quantitative estimate of drug-likeness (QED) is 0.798. The number of nitrogens with one attached hydrogen (secondary N) is 1. The number of aromatic nitrogens is 1. The van der Waals surface area contributed by atoms with Crippen LogP contribution in [0.15, 0.2) is 23.0 Å². The van der Waals surface area contributed by atoms with E-state index in [-0.39, 0.29) is 12.1 Å². The number of para-hydroxylation sites is 1. The molecule has 0 saturated carbocycles. The van der Waals surface area contributed by atoms with Gasteiger partial charge in [-0.25, -0.2) is 0 Å². The molecule has 2 aromatic rings. The van der Waals surface area contributed by atoms with E-state index in [0.717, 1.165) is 16.5 Å². The highest BCUT2D eigenvalue weighted by atomic mass is 16.5. The van der Waals surface area contributed by atoms with Gasteiger partial charge in [-0.15, -0.1) is 0 Å². The highest BCUT2D eigenvalue weighted by molar-refractivity contribution is 5.87. The van der Waals surface area contributed by atoms with Gasteiger partial charge in [-0.05, 0) is 18.6 Å². The third-order valence-corrected chi connectivity index (χ3v) is 2.82. The van der Waals surface area contributed by atoms with Crippen LogP contribution in [0.3, 0.4) is 0 Å². The van der Waals surface area contributed by atoms with Crippen molar-refractivity contribution >= 4 is 10.9 Å². The van der Waals surface area contributed by atoms with Crippen molar-refractivity contribution in [3.63, 3.8) is 0 Å². The molecule has 0 spiro atoms. The van der Waals surface area contributed by atoms with Gasteiger partial charge in [0.05, 0.1) is 12.6 Å². The number of fused-ring (bicyclic) bond motifs is 1. The van der Waals surface area contributed by atoms with Crippen molar-refractivity contribution in [1.82, 2.24) is 4.98 Å². The smallest absolute Gasteiger partial charge is 0.253 e. The average Bonchev–Trinajstić information content (AvgIpc) is 2.29. The van der Waals surface area contributed by atoms with Gasteiger partial charge in [-0.2, -0.15) is 0 Å². The second-order valence-corrected chi connectivity index (χ2v) is 3.64. The highest BCUT2D eigenvalue weighted by Crippen LogP contribution is 2.25. The lowest BCUT2D eigenvalue weighted by Crippen LogP contribution is -2.18. The van der Waals surface area contributed by atoms with Crippen LogP contribution in [0.2, 0.25) is 0 Å². The Kier molecular flexibility index (Phi) is 2.66. The number of H-pyrrole nitrogens is 1. The lowest BCUT2D eigenvalue weighted by Gasteiger charge is -2.09. The molecule has 84 valence electrons. The molecule has 4 heteroatoms. The summed E-state index contributed by atoms with van der Waals surface area (Å²) in [4.78, 5) is 14.6. The number of hydrogen-bond donors (Lipinski definition) is 2. The van der Waals surface area contributed by atoms with Gasteiger partial charge in [0, 0.05) is 17.5 Å². The third kappa shape index (κ3) is 1.47. The van der Waals surface area contributed by atoms with Gasteiger partial charge in [0.15, 0.2) is 0 Å². The Morgan fingerprint density at radius 1 is 1.44 bits per heavy atom. The Morgan fingerprint density at radius 3 is 2.81 bits per heavy atom. The minimum atomic E-state index is -0.142. The maximum atomic E-state index is 11.8. The first-order chi connectivity index (χ1) is 7.69. The summed E-state index contributed by atoms with van der Waals surface area (Å²) in [6.45, 7) is 2.15. The monoisotopic (exact) mass is 218 g/mol. The van der Waals surface area contributed by atoms with E-state index in [1.807, 2.05) is 25.1 Å². The van der Waals surface area contributed by atoms with Crippen LogP contribution in [0, 0.1) is 6.92 Å². The SMILES string of the molecule is COc1cccc2c(C)c(CN)c(=O)[nH]c12.